The first kappa shape index (κ1) is 20.1. The Morgan fingerprint density at radius 2 is 1.72 bits per heavy atom. The molecule has 2 atom stereocenters. The second-order valence-electron chi connectivity index (χ2n) is 7.72. The zero-order valence-electron chi connectivity index (χ0n) is 17.5. The van der Waals surface area contributed by atoms with E-state index in [1.807, 2.05) is 30.0 Å². The third-order valence-corrected chi connectivity index (χ3v) is 5.83. The number of hydrogen-bond acceptors (Lipinski definition) is 4. The number of halogens is 1. The molecule has 1 fully saturated rings. The number of para-hydroxylation sites is 2. The molecule has 2 unspecified atom stereocenters. The summed E-state index contributed by atoms with van der Waals surface area (Å²) in [4.78, 5) is 29.7. The van der Waals surface area contributed by atoms with Crippen molar-refractivity contribution in [3.05, 3.63) is 84.2 Å². The molecular formula is C25H22FN3O3. The van der Waals surface area contributed by atoms with Crippen LogP contribution in [0.4, 0.5) is 21.5 Å². The summed E-state index contributed by atoms with van der Waals surface area (Å²) in [5.41, 5.74) is 2.31. The van der Waals surface area contributed by atoms with Gasteiger partial charge in [0.15, 0.2) is 0 Å². The highest BCUT2D eigenvalue weighted by Crippen LogP contribution is 2.45. The van der Waals surface area contributed by atoms with Crippen LogP contribution in [0.2, 0.25) is 0 Å². The number of carbonyl (C=O) groups excluding carboxylic acids is 2. The van der Waals surface area contributed by atoms with Gasteiger partial charge in [0.1, 0.15) is 23.8 Å². The SMILES string of the molecule is CCOc1ccc(N2C(=O)CC3C(=O)Nc4ccccc4N3C2c2ccccc2F)cc1. The second-order valence-corrected chi connectivity index (χ2v) is 7.72. The average molecular weight is 431 g/mol. The number of amides is 2. The first-order valence-corrected chi connectivity index (χ1v) is 10.6. The Bertz CT molecular complexity index is 1180. The Labute approximate surface area is 185 Å². The largest absolute Gasteiger partial charge is 0.494 e. The molecule has 0 radical (unpaired) electrons. The lowest BCUT2D eigenvalue weighted by molar-refractivity contribution is -0.126. The quantitative estimate of drug-likeness (QED) is 0.661. The van der Waals surface area contributed by atoms with Crippen LogP contribution in [0.1, 0.15) is 25.1 Å². The van der Waals surface area contributed by atoms with E-state index in [0.29, 0.717) is 29.3 Å². The van der Waals surface area contributed by atoms with Crippen molar-refractivity contribution in [1.82, 2.24) is 0 Å². The van der Waals surface area contributed by atoms with Crippen LogP contribution in [0.15, 0.2) is 72.8 Å². The van der Waals surface area contributed by atoms with Gasteiger partial charge in [0, 0.05) is 11.3 Å². The van der Waals surface area contributed by atoms with Crippen LogP contribution in [0.3, 0.4) is 0 Å². The van der Waals surface area contributed by atoms with Gasteiger partial charge in [0.25, 0.3) is 0 Å². The molecule has 3 aromatic carbocycles. The van der Waals surface area contributed by atoms with Crippen molar-refractivity contribution in [1.29, 1.82) is 0 Å². The lowest BCUT2D eigenvalue weighted by Gasteiger charge is -2.50. The standard InChI is InChI=1S/C25H22FN3O3/c1-2-32-17-13-11-16(12-14-17)28-23(30)15-22-24(31)27-20-9-5-6-10-21(20)29(22)25(28)18-7-3-4-8-19(18)26/h3-14,22,25H,2,15H2,1H3,(H,27,31). The van der Waals surface area contributed by atoms with E-state index in [-0.39, 0.29) is 18.2 Å². The maximum Gasteiger partial charge on any atom is 0.247 e. The van der Waals surface area contributed by atoms with Gasteiger partial charge < -0.3 is 15.0 Å². The number of nitrogens with one attached hydrogen (secondary N) is 1. The van der Waals surface area contributed by atoms with E-state index in [1.165, 1.54) is 6.07 Å². The number of anilines is 3. The van der Waals surface area contributed by atoms with E-state index >= 15 is 4.39 Å². The van der Waals surface area contributed by atoms with Crippen LogP contribution in [-0.2, 0) is 9.59 Å². The van der Waals surface area contributed by atoms with E-state index in [0.717, 1.165) is 5.69 Å². The zero-order valence-corrected chi connectivity index (χ0v) is 17.5. The predicted molar refractivity (Wildman–Crippen MR) is 120 cm³/mol. The van der Waals surface area contributed by atoms with E-state index < -0.39 is 18.0 Å². The fourth-order valence-corrected chi connectivity index (χ4v) is 4.46. The average Bonchev–Trinajstić information content (AvgIpc) is 2.80. The molecule has 2 aliphatic rings. The van der Waals surface area contributed by atoms with Gasteiger partial charge in [-0.05, 0) is 49.4 Å². The lowest BCUT2D eigenvalue weighted by atomic mass is 9.95. The molecule has 0 aromatic heterocycles. The van der Waals surface area contributed by atoms with Crippen molar-refractivity contribution in [3.63, 3.8) is 0 Å². The molecule has 2 heterocycles. The second kappa shape index (κ2) is 8.00. The Morgan fingerprint density at radius 3 is 2.47 bits per heavy atom. The molecule has 7 heteroatoms. The van der Waals surface area contributed by atoms with Crippen LogP contribution in [0.25, 0.3) is 0 Å². The van der Waals surface area contributed by atoms with Gasteiger partial charge in [-0.3, -0.25) is 14.5 Å². The van der Waals surface area contributed by atoms with Crippen molar-refractivity contribution in [2.24, 2.45) is 0 Å². The molecule has 32 heavy (non-hydrogen) atoms. The maximum absolute atomic E-state index is 15.1. The third kappa shape index (κ3) is 3.26. The fraction of sp³-hybridized carbons (Fsp3) is 0.200. The highest BCUT2D eigenvalue weighted by atomic mass is 19.1. The zero-order chi connectivity index (χ0) is 22.2. The normalized spacial score (nSPS) is 19.8. The fourth-order valence-electron chi connectivity index (χ4n) is 4.46. The number of nitrogens with zero attached hydrogens (tertiary/aromatic N) is 2. The maximum atomic E-state index is 15.1. The molecule has 0 aliphatic carbocycles. The minimum Gasteiger partial charge on any atom is -0.494 e. The van der Waals surface area contributed by atoms with E-state index in [4.69, 9.17) is 4.74 Å². The molecule has 1 saturated heterocycles. The van der Waals surface area contributed by atoms with E-state index in [2.05, 4.69) is 5.32 Å². The summed E-state index contributed by atoms with van der Waals surface area (Å²) in [5, 5.41) is 2.88. The molecule has 0 spiro atoms. The van der Waals surface area contributed by atoms with Crippen LogP contribution in [0.5, 0.6) is 5.75 Å². The summed E-state index contributed by atoms with van der Waals surface area (Å²) in [5.74, 6) is -0.281. The molecule has 3 aromatic rings. The molecule has 2 aliphatic heterocycles. The molecule has 5 rings (SSSR count). The monoisotopic (exact) mass is 431 g/mol. The van der Waals surface area contributed by atoms with Gasteiger partial charge >= 0.3 is 0 Å². The number of hydrogen-bond donors (Lipinski definition) is 1. The summed E-state index contributed by atoms with van der Waals surface area (Å²) in [6.45, 7) is 2.43. The molecule has 1 N–H and O–H groups in total. The van der Waals surface area contributed by atoms with Crippen LogP contribution < -0.4 is 19.9 Å². The topological polar surface area (TPSA) is 61.9 Å². The van der Waals surface area contributed by atoms with Gasteiger partial charge in [-0.1, -0.05) is 30.3 Å². The van der Waals surface area contributed by atoms with E-state index in [1.54, 1.807) is 53.4 Å². The number of fused-ring (bicyclic) bond motifs is 3. The van der Waals surface area contributed by atoms with Crippen molar-refractivity contribution in [3.8, 4) is 5.75 Å². The van der Waals surface area contributed by atoms with Crippen LogP contribution in [-0.4, -0.2) is 24.5 Å². The van der Waals surface area contributed by atoms with Gasteiger partial charge in [0.05, 0.1) is 24.4 Å². The molecule has 162 valence electrons. The number of rotatable bonds is 4. The first-order chi connectivity index (χ1) is 15.6. The van der Waals surface area contributed by atoms with Gasteiger partial charge in [0.2, 0.25) is 11.8 Å². The van der Waals surface area contributed by atoms with Crippen LogP contribution >= 0.6 is 0 Å². The summed E-state index contributed by atoms with van der Waals surface area (Å²) in [7, 11) is 0. The number of ether oxygens (including phenoxy) is 1. The lowest BCUT2D eigenvalue weighted by Crippen LogP contribution is -2.61. The minimum absolute atomic E-state index is 0.0155. The smallest absolute Gasteiger partial charge is 0.247 e. The highest BCUT2D eigenvalue weighted by molar-refractivity contribution is 6.09. The molecular weight excluding hydrogens is 409 g/mol. The Morgan fingerprint density at radius 1 is 1.00 bits per heavy atom. The molecule has 0 bridgehead atoms. The first-order valence-electron chi connectivity index (χ1n) is 10.6. The van der Waals surface area contributed by atoms with E-state index in [9.17, 15) is 9.59 Å². The summed E-state index contributed by atoms with van der Waals surface area (Å²) in [6.07, 6.45) is -0.842. The minimum atomic E-state index is -0.826. The molecule has 2 amide bonds. The van der Waals surface area contributed by atoms with Crippen molar-refractivity contribution >= 4 is 28.9 Å². The Kier molecular flexibility index (Phi) is 5.01. The van der Waals surface area contributed by atoms with Crippen molar-refractivity contribution in [2.45, 2.75) is 25.6 Å². The van der Waals surface area contributed by atoms with Crippen LogP contribution in [0, 0.1) is 5.82 Å². The number of benzene rings is 3. The van der Waals surface area contributed by atoms with Gasteiger partial charge in [-0.2, -0.15) is 0 Å². The van der Waals surface area contributed by atoms with Gasteiger partial charge in [-0.15, -0.1) is 0 Å². The highest BCUT2D eigenvalue weighted by Gasteiger charge is 2.48. The predicted octanol–water partition coefficient (Wildman–Crippen LogP) is 4.49. The third-order valence-electron chi connectivity index (χ3n) is 5.83. The molecule has 6 nitrogen and oxygen atoms in total. The van der Waals surface area contributed by atoms with Crippen molar-refractivity contribution in [2.75, 3.05) is 21.7 Å². The molecule has 0 saturated carbocycles. The van der Waals surface area contributed by atoms with Crippen molar-refractivity contribution < 1.29 is 18.7 Å². The Hall–Kier alpha value is -3.87. The Balaban J connectivity index is 1.69. The summed E-state index contributed by atoms with van der Waals surface area (Å²) < 4.78 is 20.6. The summed E-state index contributed by atoms with van der Waals surface area (Å²) >= 11 is 0. The number of carbonyl (C=O) groups is 2. The van der Waals surface area contributed by atoms with Gasteiger partial charge in [-0.25, -0.2) is 4.39 Å². The summed E-state index contributed by atoms with van der Waals surface area (Å²) in [6, 6.07) is 20.2.